The van der Waals surface area contributed by atoms with E-state index in [0.29, 0.717) is 6.61 Å². The van der Waals surface area contributed by atoms with Gasteiger partial charge in [0.25, 0.3) is 0 Å². The summed E-state index contributed by atoms with van der Waals surface area (Å²) in [4.78, 5) is 0. The van der Waals surface area contributed by atoms with Crippen molar-refractivity contribution in [1.82, 2.24) is 0 Å². The molecule has 2 aromatic rings. The van der Waals surface area contributed by atoms with Gasteiger partial charge >= 0.3 is 0 Å². The van der Waals surface area contributed by atoms with Crippen LogP contribution in [0.3, 0.4) is 0 Å². The highest BCUT2D eigenvalue weighted by Crippen LogP contribution is 2.18. The van der Waals surface area contributed by atoms with Crippen molar-refractivity contribution in [2.45, 2.75) is 32.5 Å². The lowest BCUT2D eigenvalue weighted by Crippen LogP contribution is -2.01. The molecule has 2 rings (SSSR count). The highest BCUT2D eigenvalue weighted by Gasteiger charge is 2.03. The van der Waals surface area contributed by atoms with Gasteiger partial charge in [-0.1, -0.05) is 29.8 Å². The fourth-order valence-electron chi connectivity index (χ4n) is 1.92. The molecular weight excluding hydrogens is 291 g/mol. The van der Waals surface area contributed by atoms with Crippen molar-refractivity contribution in [3.05, 3.63) is 64.4 Å². The topological polar surface area (TPSA) is 29.5 Å². The van der Waals surface area contributed by atoms with Crippen LogP contribution in [0.15, 0.2) is 42.5 Å². The van der Waals surface area contributed by atoms with Crippen molar-refractivity contribution in [2.24, 2.45) is 0 Å². The molecule has 4 heteroatoms. The molecule has 0 spiro atoms. The summed E-state index contributed by atoms with van der Waals surface area (Å²) in [5.41, 5.74) is 1.89. The first-order valence-electron chi connectivity index (χ1n) is 6.88. The summed E-state index contributed by atoms with van der Waals surface area (Å²) in [7, 11) is 0. The van der Waals surface area contributed by atoms with Crippen molar-refractivity contribution in [3.63, 3.8) is 0 Å². The van der Waals surface area contributed by atoms with Crippen LogP contribution in [0.5, 0.6) is 5.75 Å². The molecule has 2 aromatic carbocycles. The molecule has 0 aliphatic heterocycles. The van der Waals surface area contributed by atoms with E-state index in [-0.39, 0.29) is 11.1 Å². The second-order valence-corrected chi connectivity index (χ2v) is 5.48. The number of aliphatic hydroxyl groups excluding tert-OH is 1. The van der Waals surface area contributed by atoms with Gasteiger partial charge in [-0.15, -0.1) is 0 Å². The molecule has 0 aliphatic rings. The van der Waals surface area contributed by atoms with Crippen molar-refractivity contribution < 1.29 is 14.2 Å². The number of ether oxygens (including phenoxy) is 1. The van der Waals surface area contributed by atoms with Gasteiger partial charge in [0.05, 0.1) is 11.1 Å². The van der Waals surface area contributed by atoms with E-state index in [2.05, 4.69) is 0 Å². The van der Waals surface area contributed by atoms with E-state index in [9.17, 15) is 9.50 Å². The molecule has 0 aromatic heterocycles. The lowest BCUT2D eigenvalue weighted by molar-refractivity contribution is 0.185. The second kappa shape index (κ2) is 7.43. The zero-order valence-corrected chi connectivity index (χ0v) is 12.6. The van der Waals surface area contributed by atoms with Crippen molar-refractivity contribution in [1.29, 1.82) is 0 Å². The number of aryl methyl sites for hydroxylation is 1. The lowest BCUT2D eigenvalue weighted by Gasteiger charge is -2.08. The quantitative estimate of drug-likeness (QED) is 0.858. The van der Waals surface area contributed by atoms with E-state index in [4.69, 9.17) is 16.3 Å². The number of halogens is 2. The maximum atomic E-state index is 13.3. The summed E-state index contributed by atoms with van der Waals surface area (Å²) < 4.78 is 18.9. The molecule has 0 bridgehead atoms. The largest absolute Gasteiger partial charge is 0.489 e. The molecule has 0 heterocycles. The maximum absolute atomic E-state index is 13.3. The Hall–Kier alpha value is -1.58. The maximum Gasteiger partial charge on any atom is 0.142 e. The van der Waals surface area contributed by atoms with E-state index in [1.807, 2.05) is 24.3 Å². The Labute approximate surface area is 129 Å². The monoisotopic (exact) mass is 308 g/mol. The SMILES string of the molecule is CC(O)CCc1ccc(OCc2ccc(Cl)c(F)c2)cc1. The van der Waals surface area contributed by atoms with E-state index in [0.717, 1.165) is 29.7 Å². The van der Waals surface area contributed by atoms with E-state index >= 15 is 0 Å². The number of hydrogen-bond donors (Lipinski definition) is 1. The Morgan fingerprint density at radius 1 is 1.14 bits per heavy atom. The molecule has 0 aliphatic carbocycles. The first kappa shape index (κ1) is 15.8. The number of hydrogen-bond acceptors (Lipinski definition) is 2. The Morgan fingerprint density at radius 3 is 2.43 bits per heavy atom. The zero-order chi connectivity index (χ0) is 15.2. The summed E-state index contributed by atoms with van der Waals surface area (Å²) in [5.74, 6) is 0.289. The van der Waals surface area contributed by atoms with Gasteiger partial charge in [0.2, 0.25) is 0 Å². The van der Waals surface area contributed by atoms with Crippen molar-refractivity contribution >= 4 is 11.6 Å². The van der Waals surface area contributed by atoms with Crippen LogP contribution in [0.1, 0.15) is 24.5 Å². The first-order valence-corrected chi connectivity index (χ1v) is 7.26. The molecule has 2 nitrogen and oxygen atoms in total. The standard InChI is InChI=1S/C17H18ClFO2/c1-12(20)2-3-13-4-7-15(8-5-13)21-11-14-6-9-16(18)17(19)10-14/h4-10,12,20H,2-3,11H2,1H3. The smallest absolute Gasteiger partial charge is 0.142 e. The predicted molar refractivity (Wildman–Crippen MR) is 82.2 cm³/mol. The van der Waals surface area contributed by atoms with Gasteiger partial charge in [-0.25, -0.2) is 4.39 Å². The summed E-state index contributed by atoms with van der Waals surface area (Å²) in [6.07, 6.45) is 1.28. The van der Waals surface area contributed by atoms with E-state index < -0.39 is 5.82 Å². The summed E-state index contributed by atoms with van der Waals surface area (Å²) in [5, 5.41) is 9.37. The van der Waals surface area contributed by atoms with Gasteiger partial charge in [-0.05, 0) is 55.2 Å². The average Bonchev–Trinajstić information content (AvgIpc) is 2.47. The van der Waals surface area contributed by atoms with Crippen LogP contribution in [-0.2, 0) is 13.0 Å². The van der Waals surface area contributed by atoms with Gasteiger partial charge in [-0.2, -0.15) is 0 Å². The molecule has 21 heavy (non-hydrogen) atoms. The van der Waals surface area contributed by atoms with E-state index in [1.54, 1.807) is 13.0 Å². The molecule has 0 saturated heterocycles. The third kappa shape index (κ3) is 5.03. The molecule has 1 N–H and O–H groups in total. The van der Waals surface area contributed by atoms with Crippen LogP contribution in [0, 0.1) is 5.82 Å². The molecule has 112 valence electrons. The Morgan fingerprint density at radius 2 is 1.81 bits per heavy atom. The predicted octanol–water partition coefficient (Wildman–Crippen LogP) is 4.37. The average molecular weight is 309 g/mol. The van der Waals surface area contributed by atoms with Crippen LogP contribution in [0.4, 0.5) is 4.39 Å². The van der Waals surface area contributed by atoms with Crippen molar-refractivity contribution in [3.8, 4) is 5.75 Å². The number of aliphatic hydroxyl groups is 1. The van der Waals surface area contributed by atoms with Crippen LogP contribution < -0.4 is 4.74 Å². The van der Waals surface area contributed by atoms with Crippen LogP contribution in [0.25, 0.3) is 0 Å². The van der Waals surface area contributed by atoms with Gasteiger partial charge < -0.3 is 9.84 Å². The van der Waals surface area contributed by atoms with Gasteiger partial charge in [0, 0.05) is 0 Å². The zero-order valence-electron chi connectivity index (χ0n) is 11.9. The van der Waals surface area contributed by atoms with Gasteiger partial charge in [-0.3, -0.25) is 0 Å². The minimum Gasteiger partial charge on any atom is -0.489 e. The number of benzene rings is 2. The highest BCUT2D eigenvalue weighted by atomic mass is 35.5. The minimum atomic E-state index is -0.439. The summed E-state index contributed by atoms with van der Waals surface area (Å²) in [6, 6.07) is 12.3. The lowest BCUT2D eigenvalue weighted by atomic mass is 10.1. The minimum absolute atomic E-state index is 0.112. The summed E-state index contributed by atoms with van der Waals surface area (Å²) >= 11 is 5.63. The van der Waals surface area contributed by atoms with Crippen LogP contribution >= 0.6 is 11.6 Å². The fraction of sp³-hybridized carbons (Fsp3) is 0.294. The Kier molecular flexibility index (Phi) is 5.59. The summed E-state index contributed by atoms with van der Waals surface area (Å²) in [6.45, 7) is 2.07. The van der Waals surface area contributed by atoms with Crippen LogP contribution in [-0.4, -0.2) is 11.2 Å². The number of rotatable bonds is 6. The Bertz CT molecular complexity index is 582. The van der Waals surface area contributed by atoms with Gasteiger partial charge in [0.1, 0.15) is 18.2 Å². The molecule has 0 amide bonds. The molecule has 0 fully saturated rings. The highest BCUT2D eigenvalue weighted by molar-refractivity contribution is 6.30. The molecule has 0 radical (unpaired) electrons. The third-order valence-corrected chi connectivity index (χ3v) is 3.47. The normalized spacial score (nSPS) is 12.2. The molecule has 0 saturated carbocycles. The first-order chi connectivity index (χ1) is 10.0. The van der Waals surface area contributed by atoms with Crippen LogP contribution in [0.2, 0.25) is 5.02 Å². The second-order valence-electron chi connectivity index (χ2n) is 5.07. The van der Waals surface area contributed by atoms with E-state index in [1.165, 1.54) is 12.1 Å². The molecular formula is C17H18ClFO2. The third-order valence-electron chi connectivity index (χ3n) is 3.16. The molecule has 1 atom stereocenters. The van der Waals surface area contributed by atoms with Crippen molar-refractivity contribution in [2.75, 3.05) is 0 Å². The molecule has 1 unspecified atom stereocenters. The fourth-order valence-corrected chi connectivity index (χ4v) is 2.04. The van der Waals surface area contributed by atoms with Gasteiger partial charge in [0.15, 0.2) is 0 Å². The Balaban J connectivity index is 1.89.